The lowest BCUT2D eigenvalue weighted by Crippen LogP contribution is -2.56. The van der Waals surface area contributed by atoms with Crippen molar-refractivity contribution in [3.8, 4) is 11.3 Å². The Morgan fingerprint density at radius 2 is 1.94 bits per heavy atom. The molecule has 5 heterocycles. The van der Waals surface area contributed by atoms with Crippen molar-refractivity contribution in [2.45, 2.75) is 5.92 Å². The zero-order chi connectivity index (χ0) is 21.6. The van der Waals surface area contributed by atoms with Gasteiger partial charge in [-0.15, -0.1) is 0 Å². The Labute approximate surface area is 175 Å². The third-order valence-corrected chi connectivity index (χ3v) is 5.10. The van der Waals surface area contributed by atoms with Crippen molar-refractivity contribution in [2.24, 2.45) is 7.05 Å². The number of hydrogen-bond acceptors (Lipinski definition) is 6. The predicted octanol–water partition coefficient (Wildman–Crippen LogP) is 3.13. The highest BCUT2D eigenvalue weighted by Crippen LogP contribution is 2.31. The Hall–Kier alpha value is -3.95. The maximum Gasteiger partial charge on any atom is 0.282 e. The van der Waals surface area contributed by atoms with Gasteiger partial charge in [0.2, 0.25) is 0 Å². The summed E-state index contributed by atoms with van der Waals surface area (Å²) in [5, 5.41) is 3.55. The van der Waals surface area contributed by atoms with Crippen molar-refractivity contribution in [1.82, 2.24) is 24.5 Å². The van der Waals surface area contributed by atoms with E-state index in [0.29, 0.717) is 22.7 Å². The van der Waals surface area contributed by atoms with Crippen LogP contribution in [0.2, 0.25) is 0 Å². The summed E-state index contributed by atoms with van der Waals surface area (Å²) in [6, 6.07) is 6.71. The van der Waals surface area contributed by atoms with Crippen LogP contribution in [0.5, 0.6) is 0 Å². The summed E-state index contributed by atoms with van der Waals surface area (Å²) in [7, 11) is 1.90. The fourth-order valence-electron chi connectivity index (χ4n) is 3.47. The van der Waals surface area contributed by atoms with Gasteiger partial charge in [0.1, 0.15) is 11.6 Å². The fraction of sp³-hybridized carbons (Fsp3) is 0.190. The largest absolute Gasteiger partial charge is 0.344 e. The van der Waals surface area contributed by atoms with Crippen LogP contribution >= 0.6 is 0 Å². The van der Waals surface area contributed by atoms with Crippen LogP contribution in [0.4, 0.5) is 20.4 Å². The number of aryl methyl sites for hydroxylation is 1. The van der Waals surface area contributed by atoms with E-state index in [9.17, 15) is 13.6 Å². The number of carbonyl (C=O) groups excluding carboxylic acids is 1. The van der Waals surface area contributed by atoms with E-state index in [0.717, 1.165) is 16.6 Å². The van der Waals surface area contributed by atoms with Crippen LogP contribution < -0.4 is 10.2 Å². The van der Waals surface area contributed by atoms with E-state index in [1.165, 1.54) is 23.2 Å². The van der Waals surface area contributed by atoms with Gasteiger partial charge < -0.3 is 14.8 Å². The van der Waals surface area contributed by atoms with E-state index >= 15 is 0 Å². The Bertz CT molecular complexity index is 1300. The first kappa shape index (κ1) is 19.0. The van der Waals surface area contributed by atoms with E-state index in [-0.39, 0.29) is 0 Å². The van der Waals surface area contributed by atoms with Gasteiger partial charge in [0.15, 0.2) is 0 Å². The van der Waals surface area contributed by atoms with Crippen molar-refractivity contribution in [3.63, 3.8) is 0 Å². The van der Waals surface area contributed by atoms with Crippen molar-refractivity contribution >= 4 is 28.4 Å². The summed E-state index contributed by atoms with van der Waals surface area (Å²) in [5.41, 5.74) is 2.80. The molecule has 10 heteroatoms. The zero-order valence-corrected chi connectivity index (χ0v) is 16.5. The van der Waals surface area contributed by atoms with Crippen molar-refractivity contribution in [3.05, 3.63) is 60.9 Å². The van der Waals surface area contributed by atoms with Gasteiger partial charge >= 0.3 is 0 Å². The van der Waals surface area contributed by atoms with Gasteiger partial charge in [0.25, 0.3) is 11.8 Å². The van der Waals surface area contributed by atoms with Gasteiger partial charge in [-0.05, 0) is 24.3 Å². The molecule has 8 nitrogen and oxygen atoms in total. The molecule has 1 saturated heterocycles. The molecule has 1 N–H and O–H groups in total. The maximum absolute atomic E-state index is 13.1. The summed E-state index contributed by atoms with van der Waals surface area (Å²) in [4.78, 5) is 31.0. The van der Waals surface area contributed by atoms with E-state index in [4.69, 9.17) is 0 Å². The molecule has 5 rings (SSSR count). The number of pyridine rings is 3. The summed E-state index contributed by atoms with van der Waals surface area (Å²) in [5.74, 6) is -2.42. The molecular formula is C21H17F2N7O. The molecule has 0 saturated carbocycles. The van der Waals surface area contributed by atoms with Crippen LogP contribution in [0.15, 0.2) is 55.4 Å². The standard InChI is InChI=1S/C21H17F2N7O/c1-29-12-24-9-17(29)15-4-14-5-18(27-8-16(14)26-7-15)28-20(31)13-2-3-25-19(6-13)30-10-21(22,23)11-30/h2-9,12H,10-11H2,1H3,(H,27,28,31). The quantitative estimate of drug-likeness (QED) is 0.545. The molecule has 31 heavy (non-hydrogen) atoms. The number of anilines is 2. The van der Waals surface area contributed by atoms with Crippen LogP contribution in [0.3, 0.4) is 0 Å². The molecule has 1 amide bonds. The first-order chi connectivity index (χ1) is 14.9. The number of aromatic nitrogens is 5. The first-order valence-corrected chi connectivity index (χ1v) is 9.51. The van der Waals surface area contributed by atoms with Crippen LogP contribution in [0, 0.1) is 0 Å². The number of carbonyl (C=O) groups is 1. The van der Waals surface area contributed by atoms with Gasteiger partial charge in [-0.25, -0.2) is 23.7 Å². The average Bonchev–Trinajstić information content (AvgIpc) is 3.17. The molecule has 0 bridgehead atoms. The Morgan fingerprint density at radius 3 is 2.68 bits per heavy atom. The van der Waals surface area contributed by atoms with Crippen molar-refractivity contribution < 1.29 is 13.6 Å². The monoisotopic (exact) mass is 421 g/mol. The summed E-state index contributed by atoms with van der Waals surface area (Å²) in [6.07, 6.45) is 8.22. The maximum atomic E-state index is 13.1. The molecule has 0 aliphatic carbocycles. The number of halogens is 2. The van der Waals surface area contributed by atoms with Gasteiger partial charge in [-0.3, -0.25) is 9.78 Å². The smallest absolute Gasteiger partial charge is 0.282 e. The molecule has 0 spiro atoms. The van der Waals surface area contributed by atoms with Crippen LogP contribution in [-0.2, 0) is 7.05 Å². The topological polar surface area (TPSA) is 88.8 Å². The minimum Gasteiger partial charge on any atom is -0.344 e. The number of alkyl halides is 2. The summed E-state index contributed by atoms with van der Waals surface area (Å²) < 4.78 is 28.1. The van der Waals surface area contributed by atoms with Gasteiger partial charge in [0, 0.05) is 36.0 Å². The molecular weight excluding hydrogens is 404 g/mol. The molecule has 1 fully saturated rings. The van der Waals surface area contributed by atoms with Gasteiger partial charge in [0.05, 0.1) is 43.0 Å². The van der Waals surface area contributed by atoms with E-state index in [2.05, 4.69) is 25.3 Å². The lowest BCUT2D eigenvalue weighted by atomic mass is 10.1. The highest BCUT2D eigenvalue weighted by atomic mass is 19.3. The normalized spacial score (nSPS) is 15.0. The Morgan fingerprint density at radius 1 is 1.10 bits per heavy atom. The molecule has 0 unspecified atom stereocenters. The van der Waals surface area contributed by atoms with Gasteiger partial charge in [-0.2, -0.15) is 0 Å². The average molecular weight is 421 g/mol. The first-order valence-electron chi connectivity index (χ1n) is 9.51. The van der Waals surface area contributed by atoms with E-state index < -0.39 is 24.9 Å². The zero-order valence-electron chi connectivity index (χ0n) is 16.5. The van der Waals surface area contributed by atoms with Crippen molar-refractivity contribution in [1.29, 1.82) is 0 Å². The Balaban J connectivity index is 1.37. The van der Waals surface area contributed by atoms with E-state index in [1.807, 2.05) is 17.7 Å². The molecule has 4 aromatic rings. The second-order valence-corrected chi connectivity index (χ2v) is 7.44. The Kier molecular flexibility index (Phi) is 4.35. The van der Waals surface area contributed by atoms with Gasteiger partial charge in [-0.1, -0.05) is 0 Å². The van der Waals surface area contributed by atoms with Crippen LogP contribution in [-0.4, -0.2) is 49.4 Å². The minimum atomic E-state index is -2.71. The number of fused-ring (bicyclic) bond motifs is 1. The number of nitrogens with one attached hydrogen (secondary N) is 1. The molecule has 0 aromatic carbocycles. The van der Waals surface area contributed by atoms with E-state index in [1.54, 1.807) is 31.0 Å². The molecule has 0 radical (unpaired) electrons. The predicted molar refractivity (Wildman–Crippen MR) is 111 cm³/mol. The summed E-state index contributed by atoms with van der Waals surface area (Å²) >= 11 is 0. The third kappa shape index (κ3) is 3.67. The third-order valence-electron chi connectivity index (χ3n) is 5.10. The van der Waals surface area contributed by atoms with Crippen molar-refractivity contribution in [2.75, 3.05) is 23.3 Å². The number of hydrogen-bond donors (Lipinski definition) is 1. The van der Waals surface area contributed by atoms with Crippen LogP contribution in [0.25, 0.3) is 22.2 Å². The number of amides is 1. The number of rotatable bonds is 4. The molecule has 1 aliphatic heterocycles. The number of nitrogens with zero attached hydrogens (tertiary/aromatic N) is 6. The second-order valence-electron chi connectivity index (χ2n) is 7.44. The highest BCUT2D eigenvalue weighted by molar-refractivity contribution is 6.04. The number of imidazole rings is 1. The molecule has 4 aromatic heterocycles. The van der Waals surface area contributed by atoms with Crippen LogP contribution in [0.1, 0.15) is 10.4 Å². The molecule has 156 valence electrons. The minimum absolute atomic E-state index is 0.309. The lowest BCUT2D eigenvalue weighted by molar-refractivity contribution is -0.0267. The fourth-order valence-corrected chi connectivity index (χ4v) is 3.47. The highest BCUT2D eigenvalue weighted by Gasteiger charge is 2.44. The molecule has 0 atom stereocenters. The molecule has 1 aliphatic rings. The SMILES string of the molecule is Cn1cncc1-c1cnc2cnc(NC(=O)c3ccnc(N4CC(F)(F)C4)c3)cc2c1. The second kappa shape index (κ2) is 7.08. The summed E-state index contributed by atoms with van der Waals surface area (Å²) in [6.45, 7) is -0.799. The lowest BCUT2D eigenvalue weighted by Gasteiger charge is -2.39.